The molecule has 0 saturated heterocycles. The topological polar surface area (TPSA) is 87.5 Å². The largest absolute Gasteiger partial charge is 0.493 e. The normalized spacial score (nSPS) is 13.1. The van der Waals surface area contributed by atoms with Crippen LogP contribution < -0.4 is 19.5 Å². The van der Waals surface area contributed by atoms with Gasteiger partial charge in [0, 0.05) is 23.9 Å². The zero-order chi connectivity index (χ0) is 22.5. The van der Waals surface area contributed by atoms with Gasteiger partial charge in [0.25, 0.3) is 0 Å². The maximum absolute atomic E-state index is 12.5. The molecule has 10 heteroatoms. The summed E-state index contributed by atoms with van der Waals surface area (Å²) in [6, 6.07) is 8.26. The number of carbonyl (C=O) groups excluding carboxylic acids is 1. The lowest BCUT2D eigenvalue weighted by Crippen LogP contribution is -2.24. The Hall–Kier alpha value is -2.72. The van der Waals surface area contributed by atoms with Crippen LogP contribution in [0.25, 0.3) is 0 Å². The van der Waals surface area contributed by atoms with Crippen LogP contribution in [0.15, 0.2) is 34.8 Å². The van der Waals surface area contributed by atoms with Crippen molar-refractivity contribution >= 4 is 29.0 Å². The van der Waals surface area contributed by atoms with E-state index in [4.69, 9.17) is 14.2 Å². The van der Waals surface area contributed by atoms with E-state index in [0.717, 1.165) is 35.8 Å². The molecule has 1 aliphatic carbocycles. The Morgan fingerprint density at radius 1 is 1.19 bits per heavy atom. The molecule has 1 amide bonds. The zero-order valence-electron chi connectivity index (χ0n) is 18.3. The van der Waals surface area contributed by atoms with E-state index >= 15 is 0 Å². The summed E-state index contributed by atoms with van der Waals surface area (Å²) < 4.78 is 18.3. The van der Waals surface area contributed by atoms with Crippen LogP contribution in [0.3, 0.4) is 0 Å². The molecule has 0 unspecified atom stereocenters. The van der Waals surface area contributed by atoms with Crippen LogP contribution in [0.2, 0.25) is 0 Å². The van der Waals surface area contributed by atoms with Gasteiger partial charge in [-0.15, -0.1) is 21.5 Å². The smallest absolute Gasteiger partial charge is 0.230 e. The predicted octanol–water partition coefficient (Wildman–Crippen LogP) is 3.70. The summed E-state index contributed by atoms with van der Waals surface area (Å²) in [6.45, 7) is 0.356. The second-order valence-corrected chi connectivity index (χ2v) is 9.33. The minimum Gasteiger partial charge on any atom is -0.493 e. The molecule has 0 bridgehead atoms. The Morgan fingerprint density at radius 3 is 2.53 bits per heavy atom. The number of thioether (sulfide) groups is 1. The first-order chi connectivity index (χ1) is 15.6. The molecule has 1 aliphatic rings. The lowest BCUT2D eigenvalue weighted by atomic mass is 10.2. The van der Waals surface area contributed by atoms with E-state index in [2.05, 4.69) is 31.5 Å². The third kappa shape index (κ3) is 5.18. The molecule has 0 atom stereocenters. The van der Waals surface area contributed by atoms with Crippen molar-refractivity contribution in [3.8, 4) is 17.2 Å². The van der Waals surface area contributed by atoms with Crippen molar-refractivity contribution in [1.29, 1.82) is 0 Å². The molecule has 2 heterocycles. The predicted molar refractivity (Wildman–Crippen MR) is 124 cm³/mol. The van der Waals surface area contributed by atoms with Crippen LogP contribution >= 0.6 is 23.1 Å². The molecule has 1 N–H and O–H groups in total. The van der Waals surface area contributed by atoms with Crippen LogP contribution in [-0.4, -0.2) is 47.8 Å². The van der Waals surface area contributed by atoms with Crippen LogP contribution in [-0.2, 0) is 17.8 Å². The SMILES string of the molecule is COc1cc(CNC(=O)CSc2nnc(Cc3cccs3)n2C2CC2)cc(OC)c1OC. The average Bonchev–Trinajstić information content (AvgIpc) is 3.36. The molecule has 3 aromatic rings. The van der Waals surface area contributed by atoms with Gasteiger partial charge < -0.3 is 24.1 Å². The van der Waals surface area contributed by atoms with Crippen molar-refractivity contribution < 1.29 is 19.0 Å². The molecule has 0 aliphatic heterocycles. The highest BCUT2D eigenvalue weighted by atomic mass is 32.2. The average molecular weight is 475 g/mol. The van der Waals surface area contributed by atoms with Gasteiger partial charge in [-0.1, -0.05) is 17.8 Å². The van der Waals surface area contributed by atoms with E-state index in [1.807, 2.05) is 18.2 Å². The molecule has 1 aromatic carbocycles. The van der Waals surface area contributed by atoms with Crippen molar-refractivity contribution in [1.82, 2.24) is 20.1 Å². The van der Waals surface area contributed by atoms with Gasteiger partial charge >= 0.3 is 0 Å². The molecular weight excluding hydrogens is 448 g/mol. The molecule has 1 saturated carbocycles. The quantitative estimate of drug-likeness (QED) is 0.424. The number of nitrogens with one attached hydrogen (secondary N) is 1. The number of hydrogen-bond acceptors (Lipinski definition) is 8. The monoisotopic (exact) mass is 474 g/mol. The molecule has 170 valence electrons. The van der Waals surface area contributed by atoms with Crippen LogP contribution in [0, 0.1) is 0 Å². The van der Waals surface area contributed by atoms with Gasteiger partial charge in [-0.05, 0) is 42.0 Å². The fourth-order valence-corrected chi connectivity index (χ4v) is 4.97. The molecular formula is C22H26N4O4S2. The summed E-state index contributed by atoms with van der Waals surface area (Å²) in [5.74, 6) is 2.80. The van der Waals surface area contributed by atoms with Gasteiger partial charge in [-0.3, -0.25) is 4.79 Å². The molecule has 2 aromatic heterocycles. The standard InChI is InChI=1S/C22H26N4O4S2/c1-28-17-9-14(10-18(29-2)21(17)30-3)12-23-20(27)13-32-22-25-24-19(26(22)15-6-7-15)11-16-5-4-8-31-16/h4-5,8-10,15H,6-7,11-13H2,1-3H3,(H,23,27). The van der Waals surface area contributed by atoms with Crippen molar-refractivity contribution in [3.63, 3.8) is 0 Å². The third-order valence-corrected chi connectivity index (χ3v) is 6.93. The lowest BCUT2D eigenvalue weighted by molar-refractivity contribution is -0.118. The number of nitrogens with zero attached hydrogens (tertiary/aromatic N) is 3. The third-order valence-electron chi connectivity index (χ3n) is 5.11. The minimum absolute atomic E-state index is 0.0751. The number of hydrogen-bond donors (Lipinski definition) is 1. The number of rotatable bonds is 11. The van der Waals surface area contributed by atoms with Crippen molar-refractivity contribution in [2.24, 2.45) is 0 Å². The highest BCUT2D eigenvalue weighted by Crippen LogP contribution is 2.40. The van der Waals surface area contributed by atoms with Crippen LogP contribution in [0.1, 0.15) is 35.1 Å². The number of aromatic nitrogens is 3. The van der Waals surface area contributed by atoms with Crippen molar-refractivity contribution in [2.45, 2.75) is 37.0 Å². The summed E-state index contributed by atoms with van der Waals surface area (Å²) in [4.78, 5) is 13.8. The molecule has 0 spiro atoms. The minimum atomic E-state index is -0.0751. The lowest BCUT2D eigenvalue weighted by Gasteiger charge is -2.14. The van der Waals surface area contributed by atoms with Gasteiger partial charge in [0.2, 0.25) is 11.7 Å². The van der Waals surface area contributed by atoms with E-state index in [1.165, 1.54) is 16.6 Å². The summed E-state index contributed by atoms with van der Waals surface area (Å²) in [5, 5.41) is 14.6. The first kappa shape index (κ1) is 22.5. The first-order valence-corrected chi connectivity index (χ1v) is 12.1. The molecule has 8 nitrogen and oxygen atoms in total. The van der Waals surface area contributed by atoms with Gasteiger partial charge in [0.05, 0.1) is 27.1 Å². The number of methoxy groups -OCH3 is 3. The number of ether oxygens (including phenoxy) is 3. The molecule has 1 fully saturated rings. The second-order valence-electron chi connectivity index (χ2n) is 7.36. The molecule has 0 radical (unpaired) electrons. The maximum Gasteiger partial charge on any atom is 0.230 e. The number of amides is 1. The Kier molecular flexibility index (Phi) is 7.21. The Bertz CT molecular complexity index is 1040. The fraction of sp³-hybridized carbons (Fsp3) is 0.409. The Balaban J connectivity index is 1.36. The van der Waals surface area contributed by atoms with Crippen molar-refractivity contribution in [3.05, 3.63) is 45.9 Å². The van der Waals surface area contributed by atoms with Gasteiger partial charge in [-0.2, -0.15) is 0 Å². The van der Waals surface area contributed by atoms with Crippen LogP contribution in [0.5, 0.6) is 17.2 Å². The van der Waals surface area contributed by atoms with E-state index in [1.54, 1.807) is 32.7 Å². The second kappa shape index (κ2) is 10.3. The summed E-state index contributed by atoms with van der Waals surface area (Å²) in [7, 11) is 4.70. The van der Waals surface area contributed by atoms with Crippen LogP contribution in [0.4, 0.5) is 0 Å². The van der Waals surface area contributed by atoms with E-state index in [-0.39, 0.29) is 11.7 Å². The summed E-state index contributed by atoms with van der Waals surface area (Å²) in [5.41, 5.74) is 0.859. The molecule has 32 heavy (non-hydrogen) atoms. The van der Waals surface area contributed by atoms with Gasteiger partial charge in [0.1, 0.15) is 5.82 Å². The zero-order valence-corrected chi connectivity index (χ0v) is 19.9. The maximum atomic E-state index is 12.5. The number of carbonyl (C=O) groups is 1. The number of benzene rings is 1. The van der Waals surface area contributed by atoms with E-state index < -0.39 is 0 Å². The fourth-order valence-electron chi connectivity index (χ4n) is 3.41. The highest BCUT2D eigenvalue weighted by Gasteiger charge is 2.30. The first-order valence-electron chi connectivity index (χ1n) is 10.3. The number of thiophene rings is 1. The summed E-state index contributed by atoms with van der Waals surface area (Å²) >= 11 is 3.15. The van der Waals surface area contributed by atoms with E-state index in [9.17, 15) is 4.79 Å². The van der Waals surface area contributed by atoms with Crippen molar-refractivity contribution in [2.75, 3.05) is 27.1 Å². The molecule has 4 rings (SSSR count). The Labute approximate surface area is 195 Å². The highest BCUT2D eigenvalue weighted by molar-refractivity contribution is 7.99. The summed E-state index contributed by atoms with van der Waals surface area (Å²) in [6.07, 6.45) is 3.04. The Morgan fingerprint density at radius 2 is 1.94 bits per heavy atom. The van der Waals surface area contributed by atoms with Gasteiger partial charge in [-0.25, -0.2) is 0 Å². The van der Waals surface area contributed by atoms with E-state index in [0.29, 0.717) is 29.8 Å². The van der Waals surface area contributed by atoms with Gasteiger partial charge in [0.15, 0.2) is 16.7 Å².